The van der Waals surface area contributed by atoms with Crippen molar-refractivity contribution in [3.8, 4) is 0 Å². The van der Waals surface area contributed by atoms with E-state index in [9.17, 15) is 4.79 Å². The molecule has 26 heavy (non-hydrogen) atoms. The third-order valence-corrected chi connectivity index (χ3v) is 5.37. The van der Waals surface area contributed by atoms with Gasteiger partial charge >= 0.3 is 6.03 Å². The minimum atomic E-state index is -0.0850. The van der Waals surface area contributed by atoms with E-state index in [-0.39, 0.29) is 12.1 Å². The molecule has 2 fully saturated rings. The van der Waals surface area contributed by atoms with Gasteiger partial charge < -0.3 is 20.3 Å². The largest absolute Gasteiger partial charge is 0.379 e. The molecule has 0 radical (unpaired) electrons. The van der Waals surface area contributed by atoms with Crippen molar-refractivity contribution in [2.45, 2.75) is 31.8 Å². The van der Waals surface area contributed by atoms with Gasteiger partial charge in [0.1, 0.15) is 0 Å². The van der Waals surface area contributed by atoms with E-state index in [1.807, 2.05) is 18.2 Å². The molecule has 2 saturated heterocycles. The van der Waals surface area contributed by atoms with Gasteiger partial charge in [0.2, 0.25) is 0 Å². The fraction of sp³-hybridized carbons (Fsp3) is 0.650. The Hall–Kier alpha value is -1.63. The van der Waals surface area contributed by atoms with Crippen molar-refractivity contribution in [1.29, 1.82) is 0 Å². The molecule has 0 aliphatic carbocycles. The monoisotopic (exact) mass is 360 g/mol. The zero-order valence-corrected chi connectivity index (χ0v) is 15.8. The summed E-state index contributed by atoms with van der Waals surface area (Å²) in [6, 6.07) is 10.5. The number of nitrogens with zero attached hydrogens (tertiary/aromatic N) is 2. The maximum absolute atomic E-state index is 12.5. The van der Waals surface area contributed by atoms with Crippen LogP contribution in [-0.2, 0) is 4.74 Å². The highest BCUT2D eigenvalue weighted by Crippen LogP contribution is 2.17. The zero-order valence-electron chi connectivity index (χ0n) is 15.8. The predicted octanol–water partition coefficient (Wildman–Crippen LogP) is 1.84. The van der Waals surface area contributed by atoms with E-state index in [2.05, 4.69) is 39.5 Å². The van der Waals surface area contributed by atoms with Crippen LogP contribution in [0.3, 0.4) is 0 Å². The Morgan fingerprint density at radius 2 is 1.81 bits per heavy atom. The summed E-state index contributed by atoms with van der Waals surface area (Å²) in [4.78, 5) is 17.3. The number of nitrogens with one attached hydrogen (secondary N) is 2. The molecule has 2 N–H and O–H groups in total. The van der Waals surface area contributed by atoms with Crippen LogP contribution >= 0.6 is 0 Å². The van der Waals surface area contributed by atoms with Crippen LogP contribution in [0, 0.1) is 0 Å². The second-order valence-corrected chi connectivity index (χ2v) is 7.32. The smallest absolute Gasteiger partial charge is 0.315 e. The van der Waals surface area contributed by atoms with E-state index in [0.717, 1.165) is 51.5 Å². The van der Waals surface area contributed by atoms with Gasteiger partial charge in [-0.3, -0.25) is 4.90 Å². The number of amides is 2. The average Bonchev–Trinajstić information content (AvgIpc) is 3.20. The summed E-state index contributed by atoms with van der Waals surface area (Å²) in [5.74, 6) is 0. The predicted molar refractivity (Wildman–Crippen MR) is 103 cm³/mol. The summed E-state index contributed by atoms with van der Waals surface area (Å²) in [5, 5.41) is 6.24. The lowest BCUT2D eigenvalue weighted by molar-refractivity contribution is 0.0209. The Kier molecular flexibility index (Phi) is 7.29. The van der Waals surface area contributed by atoms with Gasteiger partial charge in [0.15, 0.2) is 0 Å². The summed E-state index contributed by atoms with van der Waals surface area (Å²) in [7, 11) is 0. The average molecular weight is 361 g/mol. The standard InChI is InChI=1S/C20H32N4O2/c1-17(24-11-13-26-14-12-24)15-21-20(25)22-19(16-23-9-5-6-10-23)18-7-3-2-4-8-18/h2-4,7-8,17,19H,5-6,9-16H2,1H3,(H2,21,22,25). The van der Waals surface area contributed by atoms with Crippen LogP contribution < -0.4 is 10.6 Å². The summed E-state index contributed by atoms with van der Waals surface area (Å²) in [5.41, 5.74) is 1.16. The summed E-state index contributed by atoms with van der Waals surface area (Å²) in [6.45, 7) is 9.36. The van der Waals surface area contributed by atoms with Gasteiger partial charge in [0.25, 0.3) is 0 Å². The molecule has 0 saturated carbocycles. The van der Waals surface area contributed by atoms with Crippen LogP contribution in [0.2, 0.25) is 0 Å². The number of hydrogen-bond acceptors (Lipinski definition) is 4. The lowest BCUT2D eigenvalue weighted by Gasteiger charge is -2.32. The SMILES string of the molecule is CC(CNC(=O)NC(CN1CCCC1)c1ccccc1)N1CCOCC1. The first kappa shape index (κ1) is 19.1. The molecule has 6 nitrogen and oxygen atoms in total. The molecular weight excluding hydrogens is 328 g/mol. The van der Waals surface area contributed by atoms with E-state index >= 15 is 0 Å². The number of hydrogen-bond donors (Lipinski definition) is 2. The molecule has 2 aliphatic rings. The number of ether oxygens (including phenoxy) is 1. The van der Waals surface area contributed by atoms with E-state index < -0.39 is 0 Å². The molecular formula is C20H32N4O2. The van der Waals surface area contributed by atoms with Crippen molar-refractivity contribution in [1.82, 2.24) is 20.4 Å². The van der Waals surface area contributed by atoms with Crippen LogP contribution in [0.1, 0.15) is 31.4 Å². The van der Waals surface area contributed by atoms with Gasteiger partial charge in [-0.05, 0) is 38.4 Å². The van der Waals surface area contributed by atoms with Crippen molar-refractivity contribution in [2.75, 3.05) is 52.5 Å². The molecule has 2 heterocycles. The number of carbonyl (C=O) groups excluding carboxylic acids is 1. The first-order valence-corrected chi connectivity index (χ1v) is 9.86. The van der Waals surface area contributed by atoms with Crippen molar-refractivity contribution in [2.24, 2.45) is 0 Å². The quantitative estimate of drug-likeness (QED) is 0.779. The van der Waals surface area contributed by atoms with Gasteiger partial charge in [0.05, 0.1) is 19.3 Å². The first-order valence-electron chi connectivity index (χ1n) is 9.86. The van der Waals surface area contributed by atoms with Gasteiger partial charge in [-0.15, -0.1) is 0 Å². The third-order valence-electron chi connectivity index (χ3n) is 5.37. The molecule has 2 amide bonds. The Balaban J connectivity index is 1.51. The fourth-order valence-electron chi connectivity index (χ4n) is 3.74. The highest BCUT2D eigenvalue weighted by atomic mass is 16.5. The highest BCUT2D eigenvalue weighted by Gasteiger charge is 2.22. The molecule has 6 heteroatoms. The number of benzene rings is 1. The Bertz CT molecular complexity index is 542. The maximum Gasteiger partial charge on any atom is 0.315 e. The Labute approximate surface area is 156 Å². The lowest BCUT2D eigenvalue weighted by Crippen LogP contribution is -2.49. The molecule has 0 spiro atoms. The summed E-state index contributed by atoms with van der Waals surface area (Å²) >= 11 is 0. The second-order valence-electron chi connectivity index (χ2n) is 7.32. The third kappa shape index (κ3) is 5.69. The maximum atomic E-state index is 12.5. The van der Waals surface area contributed by atoms with Crippen molar-refractivity contribution >= 4 is 6.03 Å². The normalized spacial score (nSPS) is 21.3. The Morgan fingerprint density at radius 1 is 1.12 bits per heavy atom. The summed E-state index contributed by atoms with van der Waals surface area (Å²) < 4.78 is 5.39. The van der Waals surface area contributed by atoms with E-state index in [1.54, 1.807) is 0 Å². The first-order chi connectivity index (χ1) is 12.7. The van der Waals surface area contributed by atoms with Crippen LogP contribution in [0.15, 0.2) is 30.3 Å². The van der Waals surface area contributed by atoms with Crippen molar-refractivity contribution in [3.05, 3.63) is 35.9 Å². The lowest BCUT2D eigenvalue weighted by atomic mass is 10.1. The molecule has 1 aromatic rings. The fourth-order valence-corrected chi connectivity index (χ4v) is 3.74. The van der Waals surface area contributed by atoms with Crippen molar-refractivity contribution < 1.29 is 9.53 Å². The van der Waals surface area contributed by atoms with Gasteiger partial charge in [-0.1, -0.05) is 30.3 Å². The minimum Gasteiger partial charge on any atom is -0.379 e. The minimum absolute atomic E-state index is 0.0213. The van der Waals surface area contributed by atoms with Crippen LogP contribution in [0.25, 0.3) is 0 Å². The van der Waals surface area contributed by atoms with E-state index in [0.29, 0.717) is 12.6 Å². The Morgan fingerprint density at radius 3 is 2.50 bits per heavy atom. The van der Waals surface area contributed by atoms with Crippen molar-refractivity contribution in [3.63, 3.8) is 0 Å². The van der Waals surface area contributed by atoms with E-state index in [1.165, 1.54) is 12.8 Å². The zero-order chi connectivity index (χ0) is 18.2. The van der Waals surface area contributed by atoms with Gasteiger partial charge in [-0.25, -0.2) is 4.79 Å². The molecule has 0 bridgehead atoms. The molecule has 1 aromatic carbocycles. The number of morpholine rings is 1. The van der Waals surface area contributed by atoms with Crippen LogP contribution in [0.5, 0.6) is 0 Å². The number of likely N-dealkylation sites (tertiary alicyclic amines) is 1. The number of rotatable bonds is 7. The second kappa shape index (κ2) is 9.90. The van der Waals surface area contributed by atoms with Gasteiger partial charge in [0, 0.05) is 32.2 Å². The molecule has 2 unspecified atom stereocenters. The molecule has 144 valence electrons. The number of urea groups is 1. The molecule has 2 aliphatic heterocycles. The van der Waals surface area contributed by atoms with Crippen LogP contribution in [0.4, 0.5) is 4.79 Å². The molecule has 0 aromatic heterocycles. The topological polar surface area (TPSA) is 56.8 Å². The molecule has 3 rings (SSSR count). The number of carbonyl (C=O) groups is 1. The van der Waals surface area contributed by atoms with Gasteiger partial charge in [-0.2, -0.15) is 0 Å². The summed E-state index contributed by atoms with van der Waals surface area (Å²) in [6.07, 6.45) is 2.51. The molecule has 2 atom stereocenters. The highest BCUT2D eigenvalue weighted by molar-refractivity contribution is 5.74. The van der Waals surface area contributed by atoms with Crippen LogP contribution in [-0.4, -0.2) is 74.4 Å². The van der Waals surface area contributed by atoms with E-state index in [4.69, 9.17) is 4.74 Å².